The van der Waals surface area contributed by atoms with Crippen molar-refractivity contribution in [1.29, 1.82) is 0 Å². The predicted octanol–water partition coefficient (Wildman–Crippen LogP) is 14.7. The second kappa shape index (κ2) is 15.4. The minimum absolute atomic E-state index is 0.406. The van der Waals surface area contributed by atoms with Crippen LogP contribution in [-0.2, 0) is 6.42 Å². The molecule has 0 amide bonds. The van der Waals surface area contributed by atoms with E-state index >= 15 is 0 Å². The van der Waals surface area contributed by atoms with Crippen molar-refractivity contribution in [3.05, 3.63) is 224 Å². The van der Waals surface area contributed by atoms with Crippen LogP contribution in [-0.4, -0.2) is 24.5 Å². The first-order chi connectivity index (χ1) is 31.2. The van der Waals surface area contributed by atoms with Gasteiger partial charge in [0.1, 0.15) is 11.6 Å². The van der Waals surface area contributed by atoms with E-state index in [2.05, 4.69) is 181 Å². The third-order valence-corrected chi connectivity index (χ3v) is 13.1. The first-order valence-corrected chi connectivity index (χ1v) is 22.0. The lowest BCUT2D eigenvalue weighted by Gasteiger charge is -2.19. The Hall–Kier alpha value is -8.06. The van der Waals surface area contributed by atoms with E-state index in [9.17, 15) is 0 Å². The second-order valence-electron chi connectivity index (χ2n) is 15.8. The molecule has 0 aliphatic rings. The van der Waals surface area contributed by atoms with E-state index in [1.54, 1.807) is 0 Å². The van der Waals surface area contributed by atoms with Gasteiger partial charge in [-0.05, 0) is 46.0 Å². The summed E-state index contributed by atoms with van der Waals surface area (Å²) in [4.78, 5) is 21.1. The molecule has 0 radical (unpaired) electrons. The number of nitrogens with zero attached hydrogens (tertiary/aromatic N) is 5. The third kappa shape index (κ3) is 6.47. The van der Waals surface area contributed by atoms with Gasteiger partial charge in [-0.2, -0.15) is 0 Å². The van der Waals surface area contributed by atoms with E-state index in [1.165, 1.54) is 30.9 Å². The van der Waals surface area contributed by atoms with Crippen LogP contribution in [0, 0.1) is 0 Å². The van der Waals surface area contributed by atoms with Crippen molar-refractivity contribution in [3.8, 4) is 62.0 Å². The zero-order valence-electron chi connectivity index (χ0n) is 34.1. The summed E-state index contributed by atoms with van der Waals surface area (Å²) in [6.07, 6.45) is 2.47. The fourth-order valence-electron chi connectivity index (χ4n) is 9.10. The monoisotopic (exact) mass is 823 g/mol. The van der Waals surface area contributed by atoms with Gasteiger partial charge in [0.25, 0.3) is 0 Å². The number of aromatic nitrogens is 5. The molecule has 0 N–H and O–H groups in total. The predicted molar refractivity (Wildman–Crippen MR) is 261 cm³/mol. The van der Waals surface area contributed by atoms with Gasteiger partial charge < -0.3 is 0 Å². The fraction of sp³-hybridized carbons (Fsp3) is 0.0175. The average Bonchev–Trinajstić information content (AvgIpc) is 3.91. The smallest absolute Gasteiger partial charge is 0.163 e. The van der Waals surface area contributed by atoms with Crippen molar-refractivity contribution in [2.45, 2.75) is 6.42 Å². The first-order valence-electron chi connectivity index (χ1n) is 21.2. The van der Waals surface area contributed by atoms with Gasteiger partial charge in [-0.1, -0.05) is 188 Å². The molecular formula is C57H37N5S. The van der Waals surface area contributed by atoms with Crippen LogP contribution < -0.4 is 0 Å². The Bertz CT molecular complexity index is 3520. The van der Waals surface area contributed by atoms with Crippen LogP contribution >= 0.6 is 11.3 Å². The fourth-order valence-corrected chi connectivity index (χ4v) is 10.3. The largest absolute Gasteiger partial charge is 0.292 e. The normalized spacial score (nSPS) is 11.6. The first kappa shape index (κ1) is 36.8. The van der Waals surface area contributed by atoms with E-state index in [0.717, 1.165) is 66.9 Å². The zero-order chi connectivity index (χ0) is 41.7. The van der Waals surface area contributed by atoms with Crippen molar-refractivity contribution >= 4 is 53.3 Å². The summed E-state index contributed by atoms with van der Waals surface area (Å²) in [5.41, 5.74) is 11.8. The highest BCUT2D eigenvalue weighted by Gasteiger charge is 2.23. The Morgan fingerprint density at radius 1 is 0.429 bits per heavy atom. The van der Waals surface area contributed by atoms with Gasteiger partial charge in [0.2, 0.25) is 0 Å². The van der Waals surface area contributed by atoms with Crippen molar-refractivity contribution in [2.75, 3.05) is 0 Å². The molecule has 0 unspecified atom stereocenters. The molecule has 0 saturated heterocycles. The highest BCUT2D eigenvalue weighted by atomic mass is 32.1. The lowest BCUT2D eigenvalue weighted by atomic mass is 9.87. The maximum absolute atomic E-state index is 5.58. The average molecular weight is 824 g/mol. The Kier molecular flexibility index (Phi) is 9.01. The molecule has 8 aromatic carbocycles. The zero-order valence-corrected chi connectivity index (χ0v) is 34.9. The maximum atomic E-state index is 5.58. The molecule has 6 heteroatoms. The Labute approximate surface area is 368 Å². The molecule has 63 heavy (non-hydrogen) atoms. The number of hydrogen-bond acceptors (Lipinski definition) is 5. The topological polar surface area (TPSA) is 56.5 Å². The minimum Gasteiger partial charge on any atom is -0.292 e. The minimum atomic E-state index is 0.406. The summed E-state index contributed by atoms with van der Waals surface area (Å²) in [5, 5.41) is 4.88. The van der Waals surface area contributed by atoms with Crippen molar-refractivity contribution in [1.82, 2.24) is 24.5 Å². The van der Waals surface area contributed by atoms with E-state index in [-0.39, 0.29) is 0 Å². The molecule has 0 atom stereocenters. The van der Waals surface area contributed by atoms with Crippen molar-refractivity contribution < 1.29 is 0 Å². The standard InChI is InChI=1S/C57H37N5S/c1-5-18-37(19-6-1)43-28-17-29-44(38-20-7-2-8-21-38)52(43)42-34-41(35-51-59-55(39-22-9-3-10-23-39)61-56(60-51)40-24-11-4-12-25-40)57(58-36-42)62-49-30-15-13-26-45(49)47-32-33-48-46-27-14-16-31-50(46)63-54(48)53(47)62/h1-34,36H,35H2. The van der Waals surface area contributed by atoms with E-state index in [1.807, 2.05) is 47.7 Å². The Morgan fingerprint density at radius 3 is 1.60 bits per heavy atom. The second-order valence-corrected chi connectivity index (χ2v) is 16.8. The Morgan fingerprint density at radius 2 is 0.968 bits per heavy atom. The molecule has 12 rings (SSSR count). The summed E-state index contributed by atoms with van der Waals surface area (Å²) >= 11 is 1.84. The van der Waals surface area contributed by atoms with Gasteiger partial charge in [-0.25, -0.2) is 19.9 Å². The molecule has 0 bridgehead atoms. The van der Waals surface area contributed by atoms with Gasteiger partial charge in [0.15, 0.2) is 11.6 Å². The van der Waals surface area contributed by atoms with Crippen molar-refractivity contribution in [3.63, 3.8) is 0 Å². The highest BCUT2D eigenvalue weighted by molar-refractivity contribution is 7.26. The van der Waals surface area contributed by atoms with Gasteiger partial charge >= 0.3 is 0 Å². The van der Waals surface area contributed by atoms with Crippen LogP contribution in [0.3, 0.4) is 0 Å². The van der Waals surface area contributed by atoms with Crippen molar-refractivity contribution in [2.24, 2.45) is 0 Å². The summed E-state index contributed by atoms with van der Waals surface area (Å²) in [5.74, 6) is 2.77. The molecule has 4 heterocycles. The quantitative estimate of drug-likeness (QED) is 0.153. The van der Waals surface area contributed by atoms with Gasteiger partial charge in [0, 0.05) is 61.1 Å². The van der Waals surface area contributed by atoms with E-state index < -0.39 is 0 Å². The van der Waals surface area contributed by atoms with Crippen LogP contribution in [0.15, 0.2) is 212 Å². The lowest BCUT2D eigenvalue weighted by molar-refractivity contribution is 0.914. The number of benzene rings is 8. The lowest BCUT2D eigenvalue weighted by Crippen LogP contribution is -2.08. The summed E-state index contributed by atoms with van der Waals surface area (Å²) in [6, 6.07) is 72.6. The van der Waals surface area contributed by atoms with Crippen LogP contribution in [0.4, 0.5) is 0 Å². The Balaban J connectivity index is 1.16. The van der Waals surface area contributed by atoms with Gasteiger partial charge in [-0.3, -0.25) is 4.57 Å². The maximum Gasteiger partial charge on any atom is 0.163 e. The molecule has 0 fully saturated rings. The molecular weight excluding hydrogens is 787 g/mol. The number of para-hydroxylation sites is 1. The summed E-state index contributed by atoms with van der Waals surface area (Å²) < 4.78 is 4.89. The molecule has 12 aromatic rings. The van der Waals surface area contributed by atoms with Crippen LogP contribution in [0.25, 0.3) is 104 Å². The molecule has 296 valence electrons. The van der Waals surface area contributed by atoms with Gasteiger partial charge in [0.05, 0.1) is 15.7 Å². The number of thiophene rings is 1. The van der Waals surface area contributed by atoms with Crippen LogP contribution in [0.5, 0.6) is 0 Å². The number of rotatable bonds is 8. The number of pyridine rings is 1. The molecule has 5 nitrogen and oxygen atoms in total. The molecule has 4 aromatic heterocycles. The molecule has 0 spiro atoms. The third-order valence-electron chi connectivity index (χ3n) is 12.0. The van der Waals surface area contributed by atoms with E-state index in [4.69, 9.17) is 19.9 Å². The summed E-state index contributed by atoms with van der Waals surface area (Å²) in [6.45, 7) is 0. The number of fused-ring (bicyclic) bond motifs is 7. The molecule has 0 aliphatic heterocycles. The van der Waals surface area contributed by atoms with Crippen LogP contribution in [0.1, 0.15) is 11.4 Å². The number of hydrogen-bond donors (Lipinski definition) is 0. The summed E-state index contributed by atoms with van der Waals surface area (Å²) in [7, 11) is 0. The van der Waals surface area contributed by atoms with Crippen LogP contribution in [0.2, 0.25) is 0 Å². The van der Waals surface area contributed by atoms with Gasteiger partial charge in [-0.15, -0.1) is 11.3 Å². The molecule has 0 saturated carbocycles. The van der Waals surface area contributed by atoms with E-state index in [0.29, 0.717) is 23.9 Å². The molecule has 0 aliphatic carbocycles. The highest BCUT2D eigenvalue weighted by Crippen LogP contribution is 2.45. The SMILES string of the molecule is c1ccc(-c2nc(Cc3cc(-c4c(-c5ccccc5)cccc4-c4ccccc4)cnc3-n3c4ccccc4c4ccc5c6ccccc6sc5c43)nc(-c3ccccc3)n2)cc1.